The monoisotopic (exact) mass is 236 g/mol. The van der Waals surface area contributed by atoms with E-state index in [1.165, 1.54) is 17.9 Å². The van der Waals surface area contributed by atoms with Gasteiger partial charge in [0.1, 0.15) is 5.82 Å². The third kappa shape index (κ3) is 3.31. The summed E-state index contributed by atoms with van der Waals surface area (Å²) in [5, 5.41) is 3.01. The molecular formula is C13H17FN2O. The van der Waals surface area contributed by atoms with Crippen molar-refractivity contribution in [2.45, 2.75) is 20.8 Å². The van der Waals surface area contributed by atoms with Crippen LogP contribution in [0.2, 0.25) is 0 Å². The van der Waals surface area contributed by atoms with Crippen LogP contribution in [0.5, 0.6) is 0 Å². The minimum Gasteiger partial charge on any atom is -0.385 e. The maximum Gasteiger partial charge on any atom is 0.228 e. The van der Waals surface area contributed by atoms with Crippen LogP contribution in [0.3, 0.4) is 0 Å². The molecule has 0 radical (unpaired) electrons. The Labute approximate surface area is 101 Å². The van der Waals surface area contributed by atoms with Gasteiger partial charge in [0.2, 0.25) is 5.91 Å². The summed E-state index contributed by atoms with van der Waals surface area (Å²) in [6.07, 6.45) is 3.24. The summed E-state index contributed by atoms with van der Waals surface area (Å²) in [7, 11) is 0. The average molecular weight is 236 g/mol. The Morgan fingerprint density at radius 2 is 2.24 bits per heavy atom. The Morgan fingerprint density at radius 3 is 2.71 bits per heavy atom. The van der Waals surface area contributed by atoms with Gasteiger partial charge in [0.25, 0.3) is 0 Å². The van der Waals surface area contributed by atoms with E-state index < -0.39 is 5.82 Å². The first-order chi connectivity index (χ1) is 8.10. The van der Waals surface area contributed by atoms with Crippen molar-refractivity contribution < 1.29 is 9.18 Å². The highest BCUT2D eigenvalue weighted by molar-refractivity contribution is 5.93. The second-order valence-corrected chi connectivity index (χ2v) is 3.57. The van der Waals surface area contributed by atoms with Gasteiger partial charge in [0.15, 0.2) is 0 Å². The number of hydrogen-bond acceptors (Lipinski definition) is 2. The lowest BCUT2D eigenvalue weighted by Crippen LogP contribution is -2.22. The van der Waals surface area contributed by atoms with Crippen LogP contribution in [-0.2, 0) is 4.79 Å². The largest absolute Gasteiger partial charge is 0.385 e. The number of carbonyl (C=O) groups excluding carboxylic acids is 1. The van der Waals surface area contributed by atoms with E-state index in [4.69, 9.17) is 0 Å². The van der Waals surface area contributed by atoms with E-state index in [1.54, 1.807) is 31.3 Å². The van der Waals surface area contributed by atoms with E-state index in [9.17, 15) is 9.18 Å². The van der Waals surface area contributed by atoms with E-state index >= 15 is 0 Å². The van der Waals surface area contributed by atoms with E-state index in [0.717, 1.165) is 6.54 Å². The van der Waals surface area contributed by atoms with Gasteiger partial charge in [-0.25, -0.2) is 4.39 Å². The Morgan fingerprint density at radius 1 is 1.53 bits per heavy atom. The van der Waals surface area contributed by atoms with E-state index in [2.05, 4.69) is 5.32 Å². The van der Waals surface area contributed by atoms with Gasteiger partial charge in [-0.3, -0.25) is 9.69 Å². The summed E-state index contributed by atoms with van der Waals surface area (Å²) >= 11 is 0. The summed E-state index contributed by atoms with van der Waals surface area (Å²) in [5.41, 5.74) is 0.968. The van der Waals surface area contributed by atoms with Gasteiger partial charge < -0.3 is 5.32 Å². The number of halogens is 1. The van der Waals surface area contributed by atoms with Gasteiger partial charge in [-0.1, -0.05) is 6.08 Å². The van der Waals surface area contributed by atoms with Gasteiger partial charge in [-0.05, 0) is 32.0 Å². The number of carbonyl (C=O) groups is 1. The molecule has 1 aromatic carbocycles. The fraction of sp³-hybridized carbons (Fsp3) is 0.308. The fourth-order valence-electron chi connectivity index (χ4n) is 1.52. The van der Waals surface area contributed by atoms with Crippen LogP contribution in [0.1, 0.15) is 20.8 Å². The average Bonchev–Trinajstić information content (AvgIpc) is 2.27. The second kappa shape index (κ2) is 6.03. The molecule has 0 spiro atoms. The number of nitrogens with one attached hydrogen (secondary N) is 1. The zero-order valence-corrected chi connectivity index (χ0v) is 10.3. The van der Waals surface area contributed by atoms with Crippen molar-refractivity contribution in [2.24, 2.45) is 0 Å². The topological polar surface area (TPSA) is 32.3 Å². The quantitative estimate of drug-likeness (QED) is 0.871. The van der Waals surface area contributed by atoms with Gasteiger partial charge in [-0.2, -0.15) is 0 Å². The van der Waals surface area contributed by atoms with E-state index in [0.29, 0.717) is 5.69 Å². The number of nitrogens with zero attached hydrogens (tertiary/aromatic N) is 1. The first-order valence-electron chi connectivity index (χ1n) is 5.56. The fourth-order valence-corrected chi connectivity index (χ4v) is 1.52. The smallest absolute Gasteiger partial charge is 0.228 e. The van der Waals surface area contributed by atoms with Crippen LogP contribution < -0.4 is 10.2 Å². The number of rotatable bonds is 4. The zero-order valence-electron chi connectivity index (χ0n) is 10.3. The second-order valence-electron chi connectivity index (χ2n) is 3.57. The van der Waals surface area contributed by atoms with Gasteiger partial charge in [-0.15, -0.1) is 0 Å². The SMILES string of the molecule is C/C=C\N(C(C)=O)c1ccc(NCC)cc1F. The molecule has 1 aromatic rings. The van der Waals surface area contributed by atoms with Crippen LogP contribution in [0, 0.1) is 5.82 Å². The molecule has 0 fully saturated rings. The molecule has 4 heteroatoms. The van der Waals surface area contributed by atoms with Crippen molar-refractivity contribution in [1.29, 1.82) is 0 Å². The molecule has 0 bridgehead atoms. The summed E-state index contributed by atoms with van der Waals surface area (Å²) < 4.78 is 13.8. The Bertz CT molecular complexity index is 429. The Balaban J connectivity index is 3.08. The first-order valence-corrected chi connectivity index (χ1v) is 5.56. The molecular weight excluding hydrogens is 219 g/mol. The Kier molecular flexibility index (Phi) is 4.69. The summed E-state index contributed by atoms with van der Waals surface area (Å²) in [4.78, 5) is 12.7. The molecule has 0 unspecified atom stereocenters. The van der Waals surface area contributed by atoms with Crippen LogP contribution in [-0.4, -0.2) is 12.5 Å². The van der Waals surface area contributed by atoms with Gasteiger partial charge in [0, 0.05) is 25.4 Å². The molecule has 17 heavy (non-hydrogen) atoms. The summed E-state index contributed by atoms with van der Waals surface area (Å²) in [6, 6.07) is 4.73. The van der Waals surface area contributed by atoms with Crippen molar-refractivity contribution in [3.05, 3.63) is 36.3 Å². The van der Waals surface area contributed by atoms with Gasteiger partial charge in [0.05, 0.1) is 5.69 Å². The van der Waals surface area contributed by atoms with Crippen LogP contribution in [0.25, 0.3) is 0 Å². The summed E-state index contributed by atoms with van der Waals surface area (Å²) in [6.45, 7) is 5.84. The molecule has 0 atom stereocenters. The molecule has 3 nitrogen and oxygen atoms in total. The predicted molar refractivity (Wildman–Crippen MR) is 68.5 cm³/mol. The molecule has 1 amide bonds. The molecule has 92 valence electrons. The zero-order chi connectivity index (χ0) is 12.8. The number of benzene rings is 1. The standard InChI is InChI=1S/C13H17FN2O/c1-4-8-16(10(3)17)13-7-6-11(15-5-2)9-12(13)14/h4,6-9,15H,5H2,1-3H3/b8-4-. The maximum absolute atomic E-state index is 13.8. The highest BCUT2D eigenvalue weighted by atomic mass is 19.1. The maximum atomic E-state index is 13.8. The molecule has 1 rings (SSSR count). The highest BCUT2D eigenvalue weighted by Gasteiger charge is 2.13. The molecule has 0 saturated heterocycles. The number of amides is 1. The van der Waals surface area contributed by atoms with Crippen molar-refractivity contribution >= 4 is 17.3 Å². The number of allylic oxidation sites excluding steroid dienone is 1. The van der Waals surface area contributed by atoms with E-state index in [-0.39, 0.29) is 11.6 Å². The lowest BCUT2D eigenvalue weighted by molar-refractivity contribution is -0.116. The van der Waals surface area contributed by atoms with Crippen LogP contribution in [0.4, 0.5) is 15.8 Å². The molecule has 0 aliphatic carbocycles. The van der Waals surface area contributed by atoms with Crippen LogP contribution >= 0.6 is 0 Å². The van der Waals surface area contributed by atoms with Gasteiger partial charge >= 0.3 is 0 Å². The highest BCUT2D eigenvalue weighted by Crippen LogP contribution is 2.23. The third-order valence-electron chi connectivity index (χ3n) is 2.23. The minimum absolute atomic E-state index is 0.224. The van der Waals surface area contributed by atoms with Crippen LogP contribution in [0.15, 0.2) is 30.5 Å². The normalized spacial score (nSPS) is 10.6. The third-order valence-corrected chi connectivity index (χ3v) is 2.23. The predicted octanol–water partition coefficient (Wildman–Crippen LogP) is 3.14. The summed E-state index contributed by atoms with van der Waals surface area (Å²) in [5.74, 6) is -0.644. The van der Waals surface area contributed by atoms with E-state index in [1.807, 2.05) is 6.92 Å². The van der Waals surface area contributed by atoms with Crippen molar-refractivity contribution in [2.75, 3.05) is 16.8 Å². The molecule has 0 saturated carbocycles. The van der Waals surface area contributed by atoms with Crippen molar-refractivity contribution in [3.63, 3.8) is 0 Å². The molecule has 0 heterocycles. The lowest BCUT2D eigenvalue weighted by Gasteiger charge is -2.17. The van der Waals surface area contributed by atoms with Crippen molar-refractivity contribution in [3.8, 4) is 0 Å². The first kappa shape index (κ1) is 13.2. The molecule has 0 aliphatic heterocycles. The molecule has 0 aliphatic rings. The number of anilines is 2. The minimum atomic E-state index is -0.420. The van der Waals surface area contributed by atoms with Crippen molar-refractivity contribution in [1.82, 2.24) is 0 Å². The lowest BCUT2D eigenvalue weighted by atomic mass is 10.2. The molecule has 1 N–H and O–H groups in total. The molecule has 0 aromatic heterocycles. The number of hydrogen-bond donors (Lipinski definition) is 1. The Hall–Kier alpha value is -1.84.